The molecule has 0 bridgehead atoms. The monoisotopic (exact) mass is 619 g/mol. The first-order valence-electron chi connectivity index (χ1n) is 16.1. The molecule has 4 aromatic rings. The van der Waals surface area contributed by atoms with E-state index in [1.807, 2.05) is 91.0 Å². The van der Waals surface area contributed by atoms with E-state index >= 15 is 0 Å². The molecule has 0 spiro atoms. The molecule has 9 heteroatoms. The largest absolute Gasteiger partial charge is 0.457 e. The first-order chi connectivity index (χ1) is 22.5. The van der Waals surface area contributed by atoms with Crippen molar-refractivity contribution in [1.29, 1.82) is 0 Å². The molecule has 0 saturated carbocycles. The quantitative estimate of drug-likeness (QED) is 0.235. The third kappa shape index (κ3) is 7.55. The minimum Gasteiger partial charge on any atom is -0.457 e. The van der Waals surface area contributed by atoms with Crippen LogP contribution in [0.15, 0.2) is 97.1 Å². The lowest BCUT2D eigenvalue weighted by atomic mass is 9.96. The van der Waals surface area contributed by atoms with Crippen LogP contribution in [-0.2, 0) is 27.3 Å². The summed E-state index contributed by atoms with van der Waals surface area (Å²) in [7, 11) is 0. The van der Waals surface area contributed by atoms with Gasteiger partial charge in [0.2, 0.25) is 17.7 Å². The van der Waals surface area contributed by atoms with Gasteiger partial charge in [0.25, 0.3) is 0 Å². The lowest BCUT2D eigenvalue weighted by Gasteiger charge is -2.42. The lowest BCUT2D eigenvalue weighted by Crippen LogP contribution is -2.66. The summed E-state index contributed by atoms with van der Waals surface area (Å²) in [6, 6.07) is 29.7. The molecule has 0 aromatic heterocycles. The Hall–Kier alpha value is -4.73. The number of piperazine rings is 1. The van der Waals surface area contributed by atoms with E-state index in [0.717, 1.165) is 53.6 Å². The average molecular weight is 620 g/mol. The molecule has 46 heavy (non-hydrogen) atoms. The summed E-state index contributed by atoms with van der Waals surface area (Å²) in [4.78, 5) is 44.4. The molecule has 2 atom stereocenters. The van der Waals surface area contributed by atoms with E-state index in [0.29, 0.717) is 24.6 Å². The average Bonchev–Trinajstić information content (AvgIpc) is 3.09. The van der Waals surface area contributed by atoms with Gasteiger partial charge in [0.1, 0.15) is 23.6 Å². The first kappa shape index (κ1) is 31.3. The third-order valence-corrected chi connectivity index (χ3v) is 8.94. The van der Waals surface area contributed by atoms with Crippen LogP contribution in [0.25, 0.3) is 10.8 Å². The van der Waals surface area contributed by atoms with Crippen LogP contribution in [0.3, 0.4) is 0 Å². The number of rotatable bonds is 11. The maximum atomic E-state index is 14.2. The zero-order chi connectivity index (χ0) is 31.9. The summed E-state index contributed by atoms with van der Waals surface area (Å²) >= 11 is 0. The second-order valence-electron chi connectivity index (χ2n) is 12.2. The van der Waals surface area contributed by atoms with Crippen molar-refractivity contribution in [3.8, 4) is 11.5 Å². The number of benzene rings is 4. The highest BCUT2D eigenvalue weighted by atomic mass is 16.5. The van der Waals surface area contributed by atoms with Crippen molar-refractivity contribution in [3.05, 3.63) is 108 Å². The maximum Gasteiger partial charge on any atom is 0.246 e. The third-order valence-electron chi connectivity index (χ3n) is 8.94. The molecule has 4 N–H and O–H groups in total. The topological polar surface area (TPSA) is 117 Å². The lowest BCUT2D eigenvalue weighted by molar-refractivity contribution is -0.152. The van der Waals surface area contributed by atoms with E-state index in [1.54, 1.807) is 9.80 Å². The zero-order valence-corrected chi connectivity index (χ0v) is 25.9. The second-order valence-corrected chi connectivity index (χ2v) is 12.2. The molecule has 3 amide bonds. The van der Waals surface area contributed by atoms with Crippen molar-refractivity contribution in [2.45, 2.75) is 37.9 Å². The van der Waals surface area contributed by atoms with Crippen LogP contribution in [-0.4, -0.2) is 72.3 Å². The summed E-state index contributed by atoms with van der Waals surface area (Å²) in [5, 5.41) is 8.55. The van der Waals surface area contributed by atoms with E-state index < -0.39 is 12.1 Å². The predicted molar refractivity (Wildman–Crippen MR) is 178 cm³/mol. The number of carbonyl (C=O) groups is 3. The number of piperidine rings is 1. The van der Waals surface area contributed by atoms with Gasteiger partial charge in [0.05, 0.1) is 13.1 Å². The number of hydrogen-bond acceptors (Lipinski definition) is 6. The van der Waals surface area contributed by atoms with Gasteiger partial charge in [-0.05, 0) is 78.0 Å². The fourth-order valence-electron chi connectivity index (χ4n) is 6.41. The van der Waals surface area contributed by atoms with Crippen LogP contribution >= 0.6 is 0 Å². The minimum absolute atomic E-state index is 0.0927. The van der Waals surface area contributed by atoms with Gasteiger partial charge in [-0.25, -0.2) is 0 Å². The fourth-order valence-corrected chi connectivity index (χ4v) is 6.41. The molecule has 0 radical (unpaired) electrons. The molecule has 2 aliphatic rings. The summed E-state index contributed by atoms with van der Waals surface area (Å²) in [6.07, 6.45) is 2.25. The molecule has 6 rings (SSSR count). The van der Waals surface area contributed by atoms with Gasteiger partial charge >= 0.3 is 0 Å². The van der Waals surface area contributed by atoms with Gasteiger partial charge in [-0.2, -0.15) is 0 Å². The summed E-state index contributed by atoms with van der Waals surface area (Å²) < 4.78 is 5.95. The van der Waals surface area contributed by atoms with Crippen molar-refractivity contribution < 1.29 is 19.1 Å². The zero-order valence-electron chi connectivity index (χ0n) is 25.9. The van der Waals surface area contributed by atoms with Crippen LogP contribution in [0.1, 0.15) is 24.0 Å². The number of carbonyl (C=O) groups excluding carboxylic acids is 3. The van der Waals surface area contributed by atoms with E-state index in [1.165, 1.54) is 0 Å². The Kier molecular flexibility index (Phi) is 9.91. The minimum atomic E-state index is -0.849. The van der Waals surface area contributed by atoms with E-state index in [9.17, 15) is 14.4 Å². The number of amides is 3. The summed E-state index contributed by atoms with van der Waals surface area (Å²) in [5.74, 6) is 1.04. The van der Waals surface area contributed by atoms with Crippen molar-refractivity contribution >= 4 is 28.5 Å². The van der Waals surface area contributed by atoms with Crippen LogP contribution < -0.4 is 21.1 Å². The number of hydrogen-bond donors (Lipinski definition) is 3. The van der Waals surface area contributed by atoms with Crippen molar-refractivity contribution in [2.24, 2.45) is 11.7 Å². The fraction of sp³-hybridized carbons (Fsp3) is 0.324. The number of nitrogens with zero attached hydrogens (tertiary/aromatic N) is 2. The SMILES string of the molecule is NCC(=O)N(CC1CCNCC1)C[C@H]1C(=O)N[C@@H](Cc2ccc3ccccc3c2)C(=O)N1Cc1ccc(Oc2ccccc2)cc1. The summed E-state index contributed by atoms with van der Waals surface area (Å²) in [6.45, 7) is 2.45. The van der Waals surface area contributed by atoms with Gasteiger partial charge in [-0.1, -0.05) is 72.8 Å². The van der Waals surface area contributed by atoms with Crippen molar-refractivity contribution in [3.63, 3.8) is 0 Å². The Morgan fingerprint density at radius 2 is 1.50 bits per heavy atom. The van der Waals surface area contributed by atoms with Gasteiger partial charge in [-0.15, -0.1) is 0 Å². The van der Waals surface area contributed by atoms with Crippen LogP contribution in [0.4, 0.5) is 0 Å². The second kappa shape index (κ2) is 14.6. The van der Waals surface area contributed by atoms with Crippen LogP contribution in [0.2, 0.25) is 0 Å². The first-order valence-corrected chi connectivity index (χ1v) is 16.1. The highest BCUT2D eigenvalue weighted by molar-refractivity contribution is 5.97. The summed E-state index contributed by atoms with van der Waals surface area (Å²) in [5.41, 5.74) is 7.64. The van der Waals surface area contributed by atoms with Gasteiger partial charge in [0.15, 0.2) is 0 Å². The number of nitrogens with one attached hydrogen (secondary N) is 2. The molecule has 238 valence electrons. The Balaban J connectivity index is 1.24. The molecular weight excluding hydrogens is 578 g/mol. The van der Waals surface area contributed by atoms with Crippen LogP contribution in [0, 0.1) is 5.92 Å². The van der Waals surface area contributed by atoms with E-state index in [-0.39, 0.29) is 37.4 Å². The highest BCUT2D eigenvalue weighted by Crippen LogP contribution is 2.25. The molecule has 0 aliphatic carbocycles. The maximum absolute atomic E-state index is 14.2. The van der Waals surface area contributed by atoms with Crippen LogP contribution in [0.5, 0.6) is 11.5 Å². The smallest absolute Gasteiger partial charge is 0.246 e. The molecule has 2 saturated heterocycles. The molecule has 2 fully saturated rings. The van der Waals surface area contributed by atoms with Gasteiger partial charge in [-0.3, -0.25) is 14.4 Å². The molecule has 0 unspecified atom stereocenters. The number of ether oxygens (including phenoxy) is 1. The Bertz CT molecular complexity index is 1660. The number of nitrogens with two attached hydrogens (primary N) is 1. The predicted octanol–water partition coefficient (Wildman–Crippen LogP) is 3.86. The standard InChI is InChI=1S/C37H41N5O4/c38-22-35(43)41(23-27-16-18-39-19-17-27)25-34-36(44)40-33(21-28-10-13-29-6-4-5-7-30(29)20-28)37(45)42(34)24-26-11-14-32(15-12-26)46-31-8-2-1-3-9-31/h1-15,20,27,33-34,39H,16-19,21-25,38H2,(H,40,44)/t33-,34-/m0/s1. The molecule has 9 nitrogen and oxygen atoms in total. The molecule has 4 aromatic carbocycles. The number of para-hydroxylation sites is 1. The Labute approximate surface area is 269 Å². The van der Waals surface area contributed by atoms with Crippen molar-refractivity contribution in [1.82, 2.24) is 20.4 Å². The van der Waals surface area contributed by atoms with E-state index in [2.05, 4.69) is 16.7 Å². The van der Waals surface area contributed by atoms with Crippen molar-refractivity contribution in [2.75, 3.05) is 32.7 Å². The molecule has 2 aliphatic heterocycles. The molecule has 2 heterocycles. The normalized spacial score (nSPS) is 18.8. The highest BCUT2D eigenvalue weighted by Gasteiger charge is 2.42. The Morgan fingerprint density at radius 3 is 2.24 bits per heavy atom. The number of fused-ring (bicyclic) bond motifs is 1. The Morgan fingerprint density at radius 1 is 0.826 bits per heavy atom. The van der Waals surface area contributed by atoms with E-state index in [4.69, 9.17) is 10.5 Å². The molecular formula is C37H41N5O4. The van der Waals surface area contributed by atoms with Gasteiger partial charge in [0, 0.05) is 19.5 Å². The van der Waals surface area contributed by atoms with Gasteiger partial charge < -0.3 is 30.9 Å².